The monoisotopic (exact) mass is 323 g/mol. The van der Waals surface area contributed by atoms with Crippen LogP contribution >= 0.6 is 0 Å². The Labute approximate surface area is 141 Å². The minimum Gasteiger partial charge on any atom is -0.496 e. The van der Waals surface area contributed by atoms with Crippen molar-refractivity contribution in [3.8, 4) is 16.9 Å². The summed E-state index contributed by atoms with van der Waals surface area (Å²) in [6.07, 6.45) is 0. The van der Waals surface area contributed by atoms with Crippen LogP contribution in [0.2, 0.25) is 0 Å². The summed E-state index contributed by atoms with van der Waals surface area (Å²) in [6.45, 7) is 3.39. The van der Waals surface area contributed by atoms with Crippen LogP contribution in [0, 0.1) is 6.92 Å². The minimum absolute atomic E-state index is 0.690. The molecular weight excluding hydrogens is 302 g/mol. The van der Waals surface area contributed by atoms with Crippen molar-refractivity contribution in [1.29, 1.82) is 0 Å². The van der Waals surface area contributed by atoms with Crippen molar-refractivity contribution in [2.24, 2.45) is 0 Å². The first-order chi connectivity index (χ1) is 11.7. The van der Waals surface area contributed by atoms with Gasteiger partial charge in [-0.1, -0.05) is 52.8 Å². The first-order valence-corrected chi connectivity index (χ1v) is 7.87. The van der Waals surface area contributed by atoms with E-state index < -0.39 is 0 Å². The summed E-state index contributed by atoms with van der Waals surface area (Å²) in [5.41, 5.74) is 5.21. The molecule has 0 fully saturated rings. The summed E-state index contributed by atoms with van der Waals surface area (Å²) in [7, 11) is 3.76. The summed E-state index contributed by atoms with van der Waals surface area (Å²) >= 11 is 0. The standard InChI is InChI=1S/C19H21N3O2/c1-14-18(21-24-20-14)13-22(2)12-15-8-4-5-9-16(15)17-10-6-7-11-19(17)23-3/h4-11H,12-13H2,1-3H3. The van der Waals surface area contributed by atoms with Gasteiger partial charge in [0.1, 0.15) is 17.1 Å². The van der Waals surface area contributed by atoms with E-state index in [9.17, 15) is 0 Å². The molecule has 1 heterocycles. The van der Waals surface area contributed by atoms with E-state index >= 15 is 0 Å². The van der Waals surface area contributed by atoms with Gasteiger partial charge in [0.15, 0.2) is 0 Å². The lowest BCUT2D eigenvalue weighted by molar-refractivity contribution is 0.279. The number of rotatable bonds is 6. The van der Waals surface area contributed by atoms with E-state index in [1.54, 1.807) is 7.11 Å². The van der Waals surface area contributed by atoms with Gasteiger partial charge in [0.25, 0.3) is 0 Å². The lowest BCUT2D eigenvalue weighted by Crippen LogP contribution is -2.18. The molecule has 0 saturated carbocycles. The molecule has 0 N–H and O–H groups in total. The summed E-state index contributed by atoms with van der Waals surface area (Å²) in [6, 6.07) is 16.5. The maximum absolute atomic E-state index is 5.52. The molecule has 5 heteroatoms. The number of hydrogen-bond acceptors (Lipinski definition) is 5. The average molecular weight is 323 g/mol. The molecule has 3 rings (SSSR count). The zero-order chi connectivity index (χ0) is 16.9. The van der Waals surface area contributed by atoms with Gasteiger partial charge in [0.2, 0.25) is 0 Å². The van der Waals surface area contributed by atoms with Gasteiger partial charge in [0, 0.05) is 18.7 Å². The first kappa shape index (κ1) is 16.2. The lowest BCUT2D eigenvalue weighted by Gasteiger charge is -2.19. The number of para-hydroxylation sites is 1. The zero-order valence-electron chi connectivity index (χ0n) is 14.2. The topological polar surface area (TPSA) is 51.4 Å². The number of aryl methyl sites for hydroxylation is 1. The number of hydrogen-bond donors (Lipinski definition) is 0. The van der Waals surface area contributed by atoms with Gasteiger partial charge >= 0.3 is 0 Å². The molecule has 1 aromatic heterocycles. The van der Waals surface area contributed by atoms with E-state index in [2.05, 4.69) is 52.6 Å². The van der Waals surface area contributed by atoms with Crippen LogP contribution < -0.4 is 4.74 Å². The first-order valence-electron chi connectivity index (χ1n) is 7.87. The highest BCUT2D eigenvalue weighted by Gasteiger charge is 2.13. The Morgan fingerprint density at radius 3 is 2.38 bits per heavy atom. The van der Waals surface area contributed by atoms with Crippen molar-refractivity contribution in [3.63, 3.8) is 0 Å². The minimum atomic E-state index is 0.690. The Bertz CT molecular complexity index is 814. The SMILES string of the molecule is COc1ccccc1-c1ccccc1CN(C)Cc1nonc1C. The molecule has 0 radical (unpaired) electrons. The number of benzene rings is 2. The van der Waals surface area contributed by atoms with Crippen molar-refractivity contribution in [2.45, 2.75) is 20.0 Å². The highest BCUT2D eigenvalue weighted by molar-refractivity contribution is 5.73. The Kier molecular flexibility index (Phi) is 4.91. The van der Waals surface area contributed by atoms with E-state index in [1.165, 1.54) is 11.1 Å². The van der Waals surface area contributed by atoms with Gasteiger partial charge < -0.3 is 4.74 Å². The fourth-order valence-electron chi connectivity index (χ4n) is 2.78. The van der Waals surface area contributed by atoms with Gasteiger partial charge in [-0.05, 0) is 31.2 Å². The third-order valence-corrected chi connectivity index (χ3v) is 4.02. The van der Waals surface area contributed by atoms with Crippen molar-refractivity contribution in [2.75, 3.05) is 14.2 Å². The second-order valence-corrected chi connectivity index (χ2v) is 5.83. The van der Waals surface area contributed by atoms with Crippen LogP contribution in [0.3, 0.4) is 0 Å². The highest BCUT2D eigenvalue weighted by Crippen LogP contribution is 2.32. The largest absolute Gasteiger partial charge is 0.496 e. The molecule has 0 spiro atoms. The Morgan fingerprint density at radius 2 is 1.67 bits per heavy atom. The predicted octanol–water partition coefficient (Wildman–Crippen LogP) is 3.69. The summed E-state index contributed by atoms with van der Waals surface area (Å²) < 4.78 is 10.3. The van der Waals surface area contributed by atoms with Crippen LogP contribution in [0.25, 0.3) is 11.1 Å². The zero-order valence-corrected chi connectivity index (χ0v) is 14.2. The maximum Gasteiger partial charge on any atom is 0.126 e. The number of methoxy groups -OCH3 is 1. The van der Waals surface area contributed by atoms with Gasteiger partial charge in [-0.3, -0.25) is 4.90 Å². The van der Waals surface area contributed by atoms with Crippen LogP contribution in [0.15, 0.2) is 53.2 Å². The fourth-order valence-corrected chi connectivity index (χ4v) is 2.78. The third-order valence-electron chi connectivity index (χ3n) is 4.02. The van der Waals surface area contributed by atoms with E-state index in [-0.39, 0.29) is 0 Å². The molecule has 0 amide bonds. The molecule has 0 aliphatic rings. The van der Waals surface area contributed by atoms with Crippen LogP contribution in [0.1, 0.15) is 17.0 Å². The van der Waals surface area contributed by atoms with Gasteiger partial charge in [0.05, 0.1) is 7.11 Å². The Morgan fingerprint density at radius 1 is 0.958 bits per heavy atom. The highest BCUT2D eigenvalue weighted by atomic mass is 16.6. The second kappa shape index (κ2) is 7.27. The van der Waals surface area contributed by atoms with Crippen molar-refractivity contribution < 1.29 is 9.37 Å². The van der Waals surface area contributed by atoms with E-state index in [0.717, 1.165) is 29.2 Å². The molecular formula is C19H21N3O2. The van der Waals surface area contributed by atoms with Crippen LogP contribution in [-0.4, -0.2) is 29.4 Å². The second-order valence-electron chi connectivity index (χ2n) is 5.83. The molecule has 0 bridgehead atoms. The molecule has 3 aromatic rings. The predicted molar refractivity (Wildman–Crippen MR) is 92.6 cm³/mol. The quantitative estimate of drug-likeness (QED) is 0.692. The summed E-state index contributed by atoms with van der Waals surface area (Å²) in [4.78, 5) is 2.20. The Hall–Kier alpha value is -2.66. The molecule has 0 aliphatic carbocycles. The molecule has 0 saturated heterocycles. The molecule has 0 atom stereocenters. The number of aromatic nitrogens is 2. The number of ether oxygens (including phenoxy) is 1. The van der Waals surface area contributed by atoms with Gasteiger partial charge in [-0.25, -0.2) is 4.63 Å². The Balaban J connectivity index is 1.85. The molecule has 24 heavy (non-hydrogen) atoms. The van der Waals surface area contributed by atoms with E-state index in [1.807, 2.05) is 25.1 Å². The number of nitrogens with zero attached hydrogens (tertiary/aromatic N) is 3. The van der Waals surface area contributed by atoms with Gasteiger partial charge in [-0.2, -0.15) is 0 Å². The lowest BCUT2D eigenvalue weighted by atomic mass is 9.98. The van der Waals surface area contributed by atoms with Crippen molar-refractivity contribution in [1.82, 2.24) is 15.2 Å². The van der Waals surface area contributed by atoms with Crippen LogP contribution in [-0.2, 0) is 13.1 Å². The third kappa shape index (κ3) is 3.46. The smallest absolute Gasteiger partial charge is 0.126 e. The summed E-state index contributed by atoms with van der Waals surface area (Å²) in [5, 5.41) is 7.79. The average Bonchev–Trinajstić information content (AvgIpc) is 3.00. The normalized spacial score (nSPS) is 11.0. The summed E-state index contributed by atoms with van der Waals surface area (Å²) in [5.74, 6) is 0.879. The molecule has 124 valence electrons. The molecule has 2 aromatic carbocycles. The van der Waals surface area contributed by atoms with E-state index in [0.29, 0.717) is 6.54 Å². The van der Waals surface area contributed by atoms with Crippen LogP contribution in [0.4, 0.5) is 0 Å². The fraction of sp³-hybridized carbons (Fsp3) is 0.263. The van der Waals surface area contributed by atoms with Crippen LogP contribution in [0.5, 0.6) is 5.75 Å². The van der Waals surface area contributed by atoms with Crippen molar-refractivity contribution in [3.05, 3.63) is 65.5 Å². The van der Waals surface area contributed by atoms with E-state index in [4.69, 9.17) is 9.37 Å². The van der Waals surface area contributed by atoms with Crippen molar-refractivity contribution >= 4 is 0 Å². The molecule has 0 unspecified atom stereocenters. The maximum atomic E-state index is 5.52. The molecule has 5 nitrogen and oxygen atoms in total. The molecule has 0 aliphatic heterocycles. The van der Waals surface area contributed by atoms with Gasteiger partial charge in [-0.15, -0.1) is 0 Å².